The average molecular weight is 286 g/mol. The van der Waals surface area contributed by atoms with Crippen LogP contribution in [0, 0.1) is 11.3 Å². The van der Waals surface area contributed by atoms with Crippen molar-refractivity contribution in [2.75, 3.05) is 0 Å². The zero-order chi connectivity index (χ0) is 15.7. The summed E-state index contributed by atoms with van der Waals surface area (Å²) in [6.45, 7) is 11.8. The second-order valence-corrected chi connectivity index (χ2v) is 7.22. The fourth-order valence-corrected chi connectivity index (χ4v) is 3.65. The number of ether oxygens (including phenoxy) is 1. The molecule has 0 N–H and O–H groups in total. The van der Waals surface area contributed by atoms with E-state index in [1.54, 1.807) is 0 Å². The van der Waals surface area contributed by atoms with Crippen LogP contribution in [-0.4, -0.2) is 11.6 Å². The molecule has 0 saturated heterocycles. The molecule has 21 heavy (non-hydrogen) atoms. The lowest BCUT2D eigenvalue weighted by atomic mass is 9.51. The monoisotopic (exact) mass is 286 g/mol. The Kier molecular flexibility index (Phi) is 4.27. The van der Waals surface area contributed by atoms with E-state index in [9.17, 15) is 4.79 Å². The van der Waals surface area contributed by atoms with Gasteiger partial charge < -0.3 is 4.74 Å². The topological polar surface area (TPSA) is 26.3 Å². The van der Waals surface area contributed by atoms with Crippen LogP contribution in [0.1, 0.15) is 52.0 Å². The molecule has 2 heteroatoms. The van der Waals surface area contributed by atoms with Gasteiger partial charge in [0.05, 0.1) is 5.41 Å². The molecule has 2 rings (SSSR count). The minimum atomic E-state index is -0.453. The smallest absolute Gasteiger partial charge is 0.313 e. The Morgan fingerprint density at radius 3 is 2.48 bits per heavy atom. The summed E-state index contributed by atoms with van der Waals surface area (Å²) < 4.78 is 5.71. The normalized spacial score (nSPS) is 28.6. The molecule has 1 aliphatic carbocycles. The molecule has 1 aromatic carbocycles. The van der Waals surface area contributed by atoms with Crippen molar-refractivity contribution in [3.8, 4) is 0 Å². The molecule has 114 valence electrons. The molecule has 0 amide bonds. The van der Waals surface area contributed by atoms with Crippen molar-refractivity contribution in [3.63, 3.8) is 0 Å². The minimum Gasteiger partial charge on any atom is -0.460 e. The third kappa shape index (κ3) is 3.04. The van der Waals surface area contributed by atoms with Crippen molar-refractivity contribution < 1.29 is 9.53 Å². The van der Waals surface area contributed by atoms with Gasteiger partial charge in [-0.1, -0.05) is 43.3 Å². The molecule has 3 atom stereocenters. The molecule has 1 saturated carbocycles. The van der Waals surface area contributed by atoms with Gasteiger partial charge in [0.15, 0.2) is 0 Å². The number of hydrogen-bond acceptors (Lipinski definition) is 2. The van der Waals surface area contributed by atoms with Crippen molar-refractivity contribution in [2.45, 2.75) is 52.1 Å². The van der Waals surface area contributed by atoms with E-state index in [-0.39, 0.29) is 11.9 Å². The van der Waals surface area contributed by atoms with E-state index in [1.807, 2.05) is 45.0 Å². The van der Waals surface area contributed by atoms with Gasteiger partial charge in [0.2, 0.25) is 0 Å². The van der Waals surface area contributed by atoms with Gasteiger partial charge in [0.25, 0.3) is 0 Å². The van der Waals surface area contributed by atoms with E-state index in [0.29, 0.717) is 12.3 Å². The molecule has 1 aromatic rings. The second kappa shape index (κ2) is 5.67. The van der Waals surface area contributed by atoms with Crippen LogP contribution in [0.4, 0.5) is 0 Å². The van der Waals surface area contributed by atoms with Crippen LogP contribution in [0.15, 0.2) is 43.0 Å². The Morgan fingerprint density at radius 2 is 2.00 bits per heavy atom. The largest absolute Gasteiger partial charge is 0.460 e. The highest BCUT2D eigenvalue weighted by Gasteiger charge is 2.58. The zero-order valence-electron chi connectivity index (χ0n) is 13.6. The fraction of sp³-hybridized carbons (Fsp3) is 0.526. The van der Waals surface area contributed by atoms with Crippen molar-refractivity contribution in [1.29, 1.82) is 0 Å². The van der Waals surface area contributed by atoms with Gasteiger partial charge in [-0.15, -0.1) is 6.58 Å². The van der Waals surface area contributed by atoms with Gasteiger partial charge in [-0.3, -0.25) is 4.79 Å². The molecular formula is C19H26O2. The quantitative estimate of drug-likeness (QED) is 0.591. The molecule has 0 bridgehead atoms. The Morgan fingerprint density at radius 1 is 1.38 bits per heavy atom. The maximum atomic E-state index is 12.8. The first-order valence-corrected chi connectivity index (χ1v) is 7.69. The molecule has 2 nitrogen and oxygen atoms in total. The van der Waals surface area contributed by atoms with Crippen LogP contribution in [-0.2, 0) is 9.53 Å². The Hall–Kier alpha value is -1.57. The minimum absolute atomic E-state index is 0.0816. The maximum Gasteiger partial charge on any atom is 0.313 e. The van der Waals surface area contributed by atoms with Crippen molar-refractivity contribution in [2.24, 2.45) is 11.3 Å². The van der Waals surface area contributed by atoms with E-state index in [1.165, 1.54) is 5.56 Å². The Labute approximate surface area is 128 Å². The molecular weight excluding hydrogens is 260 g/mol. The number of rotatable bonds is 4. The SMILES string of the molecule is C=CC[C@]1(C(=O)OC(C)(C)C)C[C@H](C)[C@H]1c1ccccc1. The second-order valence-electron chi connectivity index (χ2n) is 7.22. The maximum absolute atomic E-state index is 12.8. The first kappa shape index (κ1) is 15.8. The third-order valence-corrected chi connectivity index (χ3v) is 4.32. The number of esters is 1. The first-order chi connectivity index (χ1) is 9.80. The van der Waals surface area contributed by atoms with Gasteiger partial charge in [-0.25, -0.2) is 0 Å². The lowest BCUT2D eigenvalue weighted by Gasteiger charge is -2.53. The highest BCUT2D eigenvalue weighted by molar-refractivity contribution is 5.80. The van der Waals surface area contributed by atoms with Crippen LogP contribution in [0.25, 0.3) is 0 Å². The van der Waals surface area contributed by atoms with Crippen molar-refractivity contribution in [3.05, 3.63) is 48.6 Å². The van der Waals surface area contributed by atoms with E-state index >= 15 is 0 Å². The number of benzene rings is 1. The standard InChI is InChI=1S/C19H26O2/c1-6-12-19(17(20)21-18(3,4)5)13-14(2)16(19)15-10-8-7-9-11-15/h6-11,14,16H,1,12-13H2,2-5H3/t14-,16-,19-/m0/s1. The molecule has 0 aliphatic heterocycles. The zero-order valence-corrected chi connectivity index (χ0v) is 13.6. The van der Waals surface area contributed by atoms with Crippen molar-refractivity contribution >= 4 is 5.97 Å². The predicted octanol–water partition coefficient (Wildman–Crippen LogP) is 4.71. The molecule has 0 heterocycles. The van der Waals surface area contributed by atoms with Gasteiger partial charge >= 0.3 is 5.97 Å². The summed E-state index contributed by atoms with van der Waals surface area (Å²) in [7, 11) is 0. The first-order valence-electron chi connectivity index (χ1n) is 7.69. The lowest BCUT2D eigenvalue weighted by molar-refractivity contribution is -0.179. The number of carbonyl (C=O) groups excluding carboxylic acids is 1. The summed E-state index contributed by atoms with van der Waals surface area (Å²) in [6.07, 6.45) is 3.39. The fourth-order valence-electron chi connectivity index (χ4n) is 3.65. The van der Waals surface area contributed by atoms with E-state index in [0.717, 1.165) is 6.42 Å². The van der Waals surface area contributed by atoms with Gasteiger partial charge in [0.1, 0.15) is 5.60 Å². The van der Waals surface area contributed by atoms with E-state index in [4.69, 9.17) is 4.74 Å². The highest BCUT2D eigenvalue weighted by Crippen LogP contribution is 2.60. The van der Waals surface area contributed by atoms with Gasteiger partial charge in [-0.05, 0) is 45.1 Å². The van der Waals surface area contributed by atoms with Crippen molar-refractivity contribution in [1.82, 2.24) is 0 Å². The van der Waals surface area contributed by atoms with Crippen LogP contribution >= 0.6 is 0 Å². The lowest BCUT2D eigenvalue weighted by Crippen LogP contribution is -2.52. The summed E-state index contributed by atoms with van der Waals surface area (Å²) in [4.78, 5) is 12.8. The Bertz CT molecular complexity index is 512. The summed E-state index contributed by atoms with van der Waals surface area (Å²) in [5.74, 6) is 0.619. The molecule has 0 spiro atoms. The number of hydrogen-bond donors (Lipinski definition) is 0. The van der Waals surface area contributed by atoms with Crippen LogP contribution in [0.3, 0.4) is 0 Å². The van der Waals surface area contributed by atoms with Gasteiger partial charge in [-0.2, -0.15) is 0 Å². The van der Waals surface area contributed by atoms with Crippen LogP contribution in [0.5, 0.6) is 0 Å². The number of carbonyl (C=O) groups is 1. The molecule has 1 fully saturated rings. The predicted molar refractivity (Wildman–Crippen MR) is 86.1 cm³/mol. The summed E-state index contributed by atoms with van der Waals surface area (Å²) in [5.41, 5.74) is 0.324. The Balaban J connectivity index is 2.34. The summed E-state index contributed by atoms with van der Waals surface area (Å²) in [5, 5.41) is 0. The molecule has 1 aliphatic rings. The number of allylic oxidation sites excluding steroid dienone is 1. The average Bonchev–Trinajstić information content (AvgIpc) is 2.36. The van der Waals surface area contributed by atoms with E-state index < -0.39 is 11.0 Å². The highest BCUT2D eigenvalue weighted by atomic mass is 16.6. The molecule has 0 aromatic heterocycles. The summed E-state index contributed by atoms with van der Waals surface area (Å²) in [6, 6.07) is 10.3. The summed E-state index contributed by atoms with van der Waals surface area (Å²) >= 11 is 0. The molecule has 0 unspecified atom stereocenters. The van der Waals surface area contributed by atoms with Crippen LogP contribution < -0.4 is 0 Å². The third-order valence-electron chi connectivity index (χ3n) is 4.32. The molecule has 0 radical (unpaired) electrons. The van der Waals surface area contributed by atoms with Crippen LogP contribution in [0.2, 0.25) is 0 Å². The van der Waals surface area contributed by atoms with Gasteiger partial charge in [0, 0.05) is 5.92 Å². The van der Waals surface area contributed by atoms with E-state index in [2.05, 4.69) is 25.6 Å².